The van der Waals surface area contributed by atoms with Crippen LogP contribution < -0.4 is 0 Å². The molecule has 1 atom stereocenters. The van der Waals surface area contributed by atoms with Gasteiger partial charge in [0.05, 0.1) is 21.1 Å². The van der Waals surface area contributed by atoms with E-state index in [1.54, 1.807) is 0 Å². The monoisotopic (exact) mass is 222 g/mol. The molecular weight excluding hydrogens is 198 g/mol. The zero-order valence-electron chi connectivity index (χ0n) is 10.9. The van der Waals surface area contributed by atoms with Gasteiger partial charge in [0, 0.05) is 19.4 Å². The SMILES string of the molecule is CC(CCO)(Cc1ccccc1)[N+](C)(C)C. The van der Waals surface area contributed by atoms with E-state index in [0.717, 1.165) is 17.3 Å². The second-order valence-corrected chi connectivity index (χ2v) is 5.65. The summed E-state index contributed by atoms with van der Waals surface area (Å²) in [5, 5.41) is 9.23. The molecule has 2 heteroatoms. The van der Waals surface area contributed by atoms with Gasteiger partial charge in [-0.3, -0.25) is 0 Å². The lowest BCUT2D eigenvalue weighted by molar-refractivity contribution is -0.922. The summed E-state index contributed by atoms with van der Waals surface area (Å²) in [6.07, 6.45) is 1.82. The Morgan fingerprint density at radius 1 is 1.12 bits per heavy atom. The van der Waals surface area contributed by atoms with Gasteiger partial charge in [-0.05, 0) is 12.5 Å². The number of quaternary nitrogens is 1. The van der Waals surface area contributed by atoms with E-state index in [1.807, 2.05) is 6.07 Å². The van der Waals surface area contributed by atoms with Gasteiger partial charge in [-0.25, -0.2) is 0 Å². The maximum atomic E-state index is 9.23. The fourth-order valence-electron chi connectivity index (χ4n) is 1.94. The third kappa shape index (κ3) is 3.06. The molecular formula is C14H24NO+. The number of rotatable bonds is 5. The number of aliphatic hydroxyl groups is 1. The Kier molecular flexibility index (Phi) is 4.11. The molecule has 0 aromatic heterocycles. The predicted octanol–water partition coefficient (Wildman–Crippen LogP) is 2.08. The van der Waals surface area contributed by atoms with Crippen molar-refractivity contribution in [1.29, 1.82) is 0 Å². The van der Waals surface area contributed by atoms with Crippen LogP contribution in [0.5, 0.6) is 0 Å². The smallest absolute Gasteiger partial charge is 0.102 e. The van der Waals surface area contributed by atoms with E-state index in [0.29, 0.717) is 0 Å². The first-order chi connectivity index (χ1) is 7.39. The molecule has 0 saturated heterocycles. The first-order valence-electron chi connectivity index (χ1n) is 5.85. The van der Waals surface area contributed by atoms with Crippen LogP contribution in [-0.4, -0.2) is 42.9 Å². The molecule has 0 spiro atoms. The quantitative estimate of drug-likeness (QED) is 0.756. The maximum Gasteiger partial charge on any atom is 0.102 e. The lowest BCUT2D eigenvalue weighted by atomic mass is 9.87. The third-order valence-electron chi connectivity index (χ3n) is 3.70. The molecule has 0 saturated carbocycles. The number of benzene rings is 1. The van der Waals surface area contributed by atoms with Crippen molar-refractivity contribution in [3.05, 3.63) is 35.9 Å². The highest BCUT2D eigenvalue weighted by Gasteiger charge is 2.37. The first-order valence-corrected chi connectivity index (χ1v) is 5.85. The van der Waals surface area contributed by atoms with Gasteiger partial charge in [0.1, 0.15) is 5.54 Å². The largest absolute Gasteiger partial charge is 0.396 e. The Labute approximate surface area is 99.1 Å². The lowest BCUT2D eigenvalue weighted by Gasteiger charge is -2.44. The lowest BCUT2D eigenvalue weighted by Crippen LogP contribution is -2.56. The average Bonchev–Trinajstić information content (AvgIpc) is 2.17. The minimum Gasteiger partial charge on any atom is -0.396 e. The second kappa shape index (κ2) is 4.98. The normalized spacial score (nSPS) is 15.8. The molecule has 1 aromatic rings. The average molecular weight is 222 g/mol. The van der Waals surface area contributed by atoms with Crippen LogP contribution in [0.4, 0.5) is 0 Å². The van der Waals surface area contributed by atoms with Crippen molar-refractivity contribution in [2.75, 3.05) is 27.7 Å². The Balaban J connectivity index is 2.88. The summed E-state index contributed by atoms with van der Waals surface area (Å²) in [6.45, 7) is 2.50. The van der Waals surface area contributed by atoms with Crippen molar-refractivity contribution in [2.24, 2.45) is 0 Å². The molecule has 0 fully saturated rings. The fourth-order valence-corrected chi connectivity index (χ4v) is 1.94. The molecule has 0 aliphatic carbocycles. The van der Waals surface area contributed by atoms with E-state index in [9.17, 15) is 5.11 Å². The van der Waals surface area contributed by atoms with Gasteiger partial charge < -0.3 is 9.59 Å². The molecule has 0 heterocycles. The first kappa shape index (κ1) is 13.2. The van der Waals surface area contributed by atoms with Crippen molar-refractivity contribution < 1.29 is 9.59 Å². The van der Waals surface area contributed by atoms with Gasteiger partial charge in [0.2, 0.25) is 0 Å². The van der Waals surface area contributed by atoms with E-state index in [4.69, 9.17) is 0 Å². The summed E-state index contributed by atoms with van der Waals surface area (Å²) in [5.41, 5.74) is 1.42. The Morgan fingerprint density at radius 2 is 1.69 bits per heavy atom. The van der Waals surface area contributed by atoms with Crippen LogP contribution in [0.1, 0.15) is 18.9 Å². The van der Waals surface area contributed by atoms with Crippen molar-refractivity contribution in [3.63, 3.8) is 0 Å². The second-order valence-electron chi connectivity index (χ2n) is 5.65. The summed E-state index contributed by atoms with van der Waals surface area (Å²) in [5.74, 6) is 0. The molecule has 0 aliphatic heterocycles. The third-order valence-corrected chi connectivity index (χ3v) is 3.70. The van der Waals surface area contributed by atoms with Crippen LogP contribution in [0.3, 0.4) is 0 Å². The van der Waals surface area contributed by atoms with Crippen LogP contribution in [0.25, 0.3) is 0 Å². The molecule has 1 rings (SSSR count). The van der Waals surface area contributed by atoms with Crippen LogP contribution in [0.2, 0.25) is 0 Å². The molecule has 1 aromatic carbocycles. The molecule has 0 aliphatic rings. The standard InChI is InChI=1S/C14H24NO/c1-14(10-11-16,15(2,3)4)12-13-8-6-5-7-9-13/h5-9,16H,10-12H2,1-4H3/q+1. The fraction of sp³-hybridized carbons (Fsp3) is 0.571. The van der Waals surface area contributed by atoms with Gasteiger partial charge in [0.25, 0.3) is 0 Å². The van der Waals surface area contributed by atoms with Crippen LogP contribution in [0.15, 0.2) is 30.3 Å². The Morgan fingerprint density at radius 3 is 2.12 bits per heavy atom. The summed E-state index contributed by atoms with van der Waals surface area (Å²) in [6, 6.07) is 10.5. The molecule has 90 valence electrons. The molecule has 16 heavy (non-hydrogen) atoms. The van der Waals surface area contributed by atoms with Crippen molar-refractivity contribution >= 4 is 0 Å². The minimum absolute atomic E-state index is 0.0795. The van der Waals surface area contributed by atoms with Crippen molar-refractivity contribution in [2.45, 2.75) is 25.3 Å². The van der Waals surface area contributed by atoms with Gasteiger partial charge in [-0.15, -0.1) is 0 Å². The van der Waals surface area contributed by atoms with E-state index in [2.05, 4.69) is 52.3 Å². The molecule has 1 unspecified atom stereocenters. The van der Waals surface area contributed by atoms with Crippen molar-refractivity contribution in [1.82, 2.24) is 0 Å². The highest BCUT2D eigenvalue weighted by atomic mass is 16.3. The minimum atomic E-state index is 0.0795. The molecule has 0 radical (unpaired) electrons. The number of likely N-dealkylation sites (N-methyl/N-ethyl adjacent to an activating group) is 1. The van der Waals surface area contributed by atoms with Gasteiger partial charge in [0.15, 0.2) is 0 Å². The predicted molar refractivity (Wildman–Crippen MR) is 68.3 cm³/mol. The van der Waals surface area contributed by atoms with E-state index in [-0.39, 0.29) is 12.1 Å². The van der Waals surface area contributed by atoms with Crippen LogP contribution >= 0.6 is 0 Å². The maximum absolute atomic E-state index is 9.23. The van der Waals surface area contributed by atoms with E-state index in [1.165, 1.54) is 5.56 Å². The molecule has 0 amide bonds. The van der Waals surface area contributed by atoms with E-state index >= 15 is 0 Å². The van der Waals surface area contributed by atoms with Gasteiger partial charge in [-0.2, -0.15) is 0 Å². The highest BCUT2D eigenvalue weighted by molar-refractivity contribution is 5.16. The summed E-state index contributed by atoms with van der Waals surface area (Å²) in [4.78, 5) is 0. The number of nitrogens with zero attached hydrogens (tertiary/aromatic N) is 1. The number of hydrogen-bond donors (Lipinski definition) is 1. The van der Waals surface area contributed by atoms with E-state index < -0.39 is 0 Å². The van der Waals surface area contributed by atoms with Crippen LogP contribution in [0, 0.1) is 0 Å². The number of aliphatic hydroxyl groups excluding tert-OH is 1. The Bertz CT molecular complexity index is 315. The number of hydrogen-bond acceptors (Lipinski definition) is 1. The molecule has 1 N–H and O–H groups in total. The van der Waals surface area contributed by atoms with Gasteiger partial charge >= 0.3 is 0 Å². The van der Waals surface area contributed by atoms with Gasteiger partial charge in [-0.1, -0.05) is 30.3 Å². The topological polar surface area (TPSA) is 20.2 Å². The summed E-state index contributed by atoms with van der Waals surface area (Å²) in [7, 11) is 6.58. The van der Waals surface area contributed by atoms with Crippen molar-refractivity contribution in [3.8, 4) is 0 Å². The zero-order chi connectivity index (χ0) is 12.2. The zero-order valence-corrected chi connectivity index (χ0v) is 10.9. The molecule has 2 nitrogen and oxygen atoms in total. The Hall–Kier alpha value is -0.860. The summed E-state index contributed by atoms with van der Waals surface area (Å²) >= 11 is 0. The highest BCUT2D eigenvalue weighted by Crippen LogP contribution is 2.26. The summed E-state index contributed by atoms with van der Waals surface area (Å²) < 4.78 is 0.864. The molecule has 0 bridgehead atoms. The van der Waals surface area contributed by atoms with Crippen LogP contribution in [-0.2, 0) is 6.42 Å².